The molecule has 29 heavy (non-hydrogen) atoms. The molecule has 0 unspecified atom stereocenters. The van der Waals surface area contributed by atoms with E-state index in [2.05, 4.69) is 22.9 Å². The Kier molecular flexibility index (Phi) is 5.24. The number of rotatable bonds is 3. The van der Waals surface area contributed by atoms with E-state index >= 15 is 0 Å². The van der Waals surface area contributed by atoms with E-state index in [1.807, 2.05) is 55.1 Å². The van der Waals surface area contributed by atoms with Gasteiger partial charge < -0.3 is 9.88 Å². The molecule has 0 atom stereocenters. The highest BCUT2D eigenvalue weighted by Crippen LogP contribution is 2.16. The van der Waals surface area contributed by atoms with Crippen molar-refractivity contribution in [1.29, 1.82) is 0 Å². The van der Waals surface area contributed by atoms with Crippen LogP contribution in [0, 0.1) is 20.8 Å². The Morgan fingerprint density at radius 1 is 0.931 bits per heavy atom. The molecule has 2 heterocycles. The van der Waals surface area contributed by atoms with Crippen LogP contribution in [0.5, 0.6) is 0 Å². The molecular formula is C24H27N3O2. The molecule has 1 aliphatic heterocycles. The van der Waals surface area contributed by atoms with Gasteiger partial charge in [0.25, 0.3) is 11.5 Å². The number of piperazine rings is 1. The predicted molar refractivity (Wildman–Crippen MR) is 116 cm³/mol. The predicted octanol–water partition coefficient (Wildman–Crippen LogP) is 3.41. The first-order valence-electron chi connectivity index (χ1n) is 10.1. The van der Waals surface area contributed by atoms with E-state index in [0.717, 1.165) is 46.2 Å². The molecule has 3 aromatic rings. The maximum absolute atomic E-state index is 12.8. The average molecular weight is 389 g/mol. The zero-order chi connectivity index (χ0) is 20.5. The number of hydrogen-bond donors (Lipinski definition) is 1. The zero-order valence-electron chi connectivity index (χ0n) is 17.3. The number of amides is 1. The molecule has 5 nitrogen and oxygen atoms in total. The number of pyridine rings is 1. The van der Waals surface area contributed by atoms with Crippen LogP contribution in [0.3, 0.4) is 0 Å². The highest BCUT2D eigenvalue weighted by Gasteiger charge is 2.23. The summed E-state index contributed by atoms with van der Waals surface area (Å²) in [5.74, 6) is 0.0895. The molecule has 2 aromatic carbocycles. The highest BCUT2D eigenvalue weighted by atomic mass is 16.2. The Hall–Kier alpha value is -2.92. The van der Waals surface area contributed by atoms with Gasteiger partial charge in [-0.05, 0) is 67.1 Å². The van der Waals surface area contributed by atoms with Crippen LogP contribution in [0.4, 0.5) is 0 Å². The third-order valence-corrected chi connectivity index (χ3v) is 5.89. The number of carbonyl (C=O) groups excluding carboxylic acids is 1. The number of carbonyl (C=O) groups is 1. The molecular weight excluding hydrogens is 362 g/mol. The molecule has 0 spiro atoms. The summed E-state index contributed by atoms with van der Waals surface area (Å²) in [7, 11) is 0. The first-order chi connectivity index (χ1) is 13.9. The topological polar surface area (TPSA) is 56.4 Å². The molecule has 0 saturated carbocycles. The third-order valence-electron chi connectivity index (χ3n) is 5.89. The number of aromatic nitrogens is 1. The van der Waals surface area contributed by atoms with Crippen LogP contribution in [0.15, 0.2) is 47.3 Å². The largest absolute Gasteiger partial charge is 0.336 e. The van der Waals surface area contributed by atoms with E-state index in [1.165, 1.54) is 5.56 Å². The molecule has 1 fully saturated rings. The number of nitrogens with one attached hydrogen (secondary N) is 1. The molecule has 150 valence electrons. The minimum Gasteiger partial charge on any atom is -0.336 e. The summed E-state index contributed by atoms with van der Waals surface area (Å²) in [5, 5.41) is 1.05. The number of benzene rings is 2. The Balaban J connectivity index is 1.42. The van der Waals surface area contributed by atoms with E-state index in [9.17, 15) is 9.59 Å². The lowest BCUT2D eigenvalue weighted by Crippen LogP contribution is -2.48. The molecule has 0 bridgehead atoms. The van der Waals surface area contributed by atoms with Crippen molar-refractivity contribution in [3.8, 4) is 0 Å². The van der Waals surface area contributed by atoms with E-state index in [1.54, 1.807) is 0 Å². The standard InChI is InChI=1S/C24H27N3O2/c1-16-4-6-19-14-21(23(28)25-22(19)12-16)15-26-8-10-27(11-9-26)24(29)20-7-5-17(2)18(3)13-20/h4-7,12-14H,8-11,15H2,1-3H3,(H,25,28). The summed E-state index contributed by atoms with van der Waals surface area (Å²) < 4.78 is 0. The van der Waals surface area contributed by atoms with Crippen LogP contribution >= 0.6 is 0 Å². The molecule has 1 aliphatic rings. The Morgan fingerprint density at radius 2 is 1.69 bits per heavy atom. The van der Waals surface area contributed by atoms with Gasteiger partial charge in [-0.25, -0.2) is 0 Å². The number of hydrogen-bond acceptors (Lipinski definition) is 3. The summed E-state index contributed by atoms with van der Waals surface area (Å²) in [5.41, 5.74) is 5.84. The fourth-order valence-corrected chi connectivity index (χ4v) is 3.88. The van der Waals surface area contributed by atoms with Crippen molar-refractivity contribution in [2.45, 2.75) is 27.3 Å². The van der Waals surface area contributed by atoms with Crippen molar-refractivity contribution >= 4 is 16.8 Å². The number of fused-ring (bicyclic) bond motifs is 1. The van der Waals surface area contributed by atoms with Crippen molar-refractivity contribution in [2.75, 3.05) is 26.2 Å². The summed E-state index contributed by atoms with van der Waals surface area (Å²) in [6.45, 7) is 9.59. The normalized spacial score (nSPS) is 15.1. The minimum absolute atomic E-state index is 0.0308. The van der Waals surface area contributed by atoms with Crippen molar-refractivity contribution < 1.29 is 4.79 Å². The van der Waals surface area contributed by atoms with Crippen LogP contribution in [0.25, 0.3) is 10.9 Å². The van der Waals surface area contributed by atoms with Gasteiger partial charge in [-0.2, -0.15) is 0 Å². The molecule has 5 heteroatoms. The van der Waals surface area contributed by atoms with Crippen LogP contribution in [0.1, 0.15) is 32.6 Å². The molecule has 0 aliphatic carbocycles. The van der Waals surface area contributed by atoms with E-state index < -0.39 is 0 Å². The maximum atomic E-state index is 12.8. The molecule has 0 radical (unpaired) electrons. The minimum atomic E-state index is -0.0308. The van der Waals surface area contributed by atoms with Crippen LogP contribution in [-0.4, -0.2) is 46.9 Å². The molecule has 1 saturated heterocycles. The zero-order valence-corrected chi connectivity index (χ0v) is 17.3. The molecule has 1 N–H and O–H groups in total. The fraction of sp³-hybridized carbons (Fsp3) is 0.333. The number of aryl methyl sites for hydroxylation is 3. The van der Waals surface area contributed by atoms with Gasteiger partial charge in [0.1, 0.15) is 0 Å². The number of aromatic amines is 1. The second-order valence-electron chi connectivity index (χ2n) is 8.08. The smallest absolute Gasteiger partial charge is 0.253 e. The third kappa shape index (κ3) is 4.10. The quantitative estimate of drug-likeness (QED) is 0.747. The lowest BCUT2D eigenvalue weighted by molar-refractivity contribution is 0.0628. The van der Waals surface area contributed by atoms with Crippen LogP contribution in [0.2, 0.25) is 0 Å². The van der Waals surface area contributed by atoms with Gasteiger partial charge in [-0.15, -0.1) is 0 Å². The van der Waals surface area contributed by atoms with Gasteiger partial charge in [0.2, 0.25) is 0 Å². The first kappa shape index (κ1) is 19.4. The second-order valence-corrected chi connectivity index (χ2v) is 8.08. The van der Waals surface area contributed by atoms with Crippen LogP contribution < -0.4 is 5.56 Å². The monoisotopic (exact) mass is 389 g/mol. The summed E-state index contributed by atoms with van der Waals surface area (Å²) >= 11 is 0. The first-order valence-corrected chi connectivity index (χ1v) is 10.1. The summed E-state index contributed by atoms with van der Waals surface area (Å²) in [6, 6.07) is 14.0. The average Bonchev–Trinajstić information content (AvgIpc) is 2.71. The van der Waals surface area contributed by atoms with E-state index in [0.29, 0.717) is 19.6 Å². The lowest BCUT2D eigenvalue weighted by Gasteiger charge is -2.34. The summed E-state index contributed by atoms with van der Waals surface area (Å²) in [6.07, 6.45) is 0. The van der Waals surface area contributed by atoms with Gasteiger partial charge in [0.05, 0.1) is 0 Å². The lowest BCUT2D eigenvalue weighted by atomic mass is 10.1. The maximum Gasteiger partial charge on any atom is 0.253 e. The number of H-pyrrole nitrogens is 1. The molecule has 4 rings (SSSR count). The van der Waals surface area contributed by atoms with Crippen molar-refractivity contribution in [3.63, 3.8) is 0 Å². The SMILES string of the molecule is Cc1ccc2cc(CN3CCN(C(=O)c4ccc(C)c(C)c4)CC3)c(=O)[nH]c2c1. The van der Waals surface area contributed by atoms with Gasteiger partial charge in [0.15, 0.2) is 0 Å². The van der Waals surface area contributed by atoms with Gasteiger partial charge in [-0.1, -0.05) is 18.2 Å². The Bertz CT molecular complexity index is 1120. The highest BCUT2D eigenvalue weighted by molar-refractivity contribution is 5.94. The second kappa shape index (κ2) is 7.84. The Morgan fingerprint density at radius 3 is 2.41 bits per heavy atom. The van der Waals surface area contributed by atoms with Crippen molar-refractivity contribution in [1.82, 2.24) is 14.8 Å². The van der Waals surface area contributed by atoms with Crippen molar-refractivity contribution in [2.24, 2.45) is 0 Å². The summed E-state index contributed by atoms with van der Waals surface area (Å²) in [4.78, 5) is 32.5. The van der Waals surface area contributed by atoms with Gasteiger partial charge in [0, 0.05) is 49.4 Å². The number of nitrogens with zero attached hydrogens (tertiary/aromatic N) is 2. The van der Waals surface area contributed by atoms with Crippen molar-refractivity contribution in [3.05, 3.63) is 80.6 Å². The van der Waals surface area contributed by atoms with Gasteiger partial charge >= 0.3 is 0 Å². The fourth-order valence-electron chi connectivity index (χ4n) is 3.88. The van der Waals surface area contributed by atoms with Gasteiger partial charge in [-0.3, -0.25) is 14.5 Å². The van der Waals surface area contributed by atoms with Crippen LogP contribution in [-0.2, 0) is 6.54 Å². The molecule has 1 aromatic heterocycles. The molecule has 1 amide bonds. The van der Waals surface area contributed by atoms with E-state index in [4.69, 9.17) is 0 Å². The van der Waals surface area contributed by atoms with E-state index in [-0.39, 0.29) is 11.5 Å². The Labute approximate surface area is 171 Å².